The van der Waals surface area contributed by atoms with Gasteiger partial charge in [-0.25, -0.2) is 0 Å². The maximum Gasteiger partial charge on any atom is 0.120 e. The molecule has 50 heavy (non-hydrogen) atoms. The molecular weight excluding hydrogens is 609 g/mol. The maximum absolute atomic E-state index is 5.93. The third-order valence-electron chi connectivity index (χ3n) is 9.12. The van der Waals surface area contributed by atoms with Crippen LogP contribution in [0.25, 0.3) is 78.1 Å². The summed E-state index contributed by atoms with van der Waals surface area (Å²) in [4.78, 5) is 9.51. The minimum atomic E-state index is 0.799. The van der Waals surface area contributed by atoms with Crippen LogP contribution < -0.4 is 4.74 Å². The van der Waals surface area contributed by atoms with Gasteiger partial charge in [0.05, 0.1) is 18.5 Å². The fourth-order valence-electron chi connectivity index (χ4n) is 6.63. The minimum Gasteiger partial charge on any atom is -0.497 e. The Kier molecular flexibility index (Phi) is 8.53. The van der Waals surface area contributed by atoms with E-state index in [1.807, 2.05) is 36.7 Å². The number of rotatable bonds is 8. The third kappa shape index (κ3) is 6.21. The molecule has 8 rings (SSSR count). The van der Waals surface area contributed by atoms with Crippen LogP contribution in [-0.2, 0) is 0 Å². The van der Waals surface area contributed by atoms with Crippen LogP contribution >= 0.6 is 0 Å². The molecule has 0 fully saturated rings. The Morgan fingerprint density at radius 3 is 1.46 bits per heavy atom. The highest BCUT2D eigenvalue weighted by Crippen LogP contribution is 2.42. The van der Waals surface area contributed by atoms with Crippen LogP contribution in [0.5, 0.6) is 5.75 Å². The number of benzene rings is 6. The summed E-state index contributed by atoms with van der Waals surface area (Å²) in [5.41, 5.74) is 15.2. The van der Waals surface area contributed by atoms with Crippen molar-refractivity contribution in [3.8, 4) is 83.9 Å². The summed E-state index contributed by atoms with van der Waals surface area (Å²) in [6.45, 7) is 0. The average molecular weight is 643 g/mol. The van der Waals surface area contributed by atoms with E-state index < -0.39 is 0 Å². The highest BCUT2D eigenvalue weighted by atomic mass is 16.5. The first kappa shape index (κ1) is 30.7. The zero-order chi connectivity index (χ0) is 33.7. The summed E-state index contributed by atoms with van der Waals surface area (Å²) in [6.07, 6.45) is 3.85. The van der Waals surface area contributed by atoms with Crippen molar-refractivity contribution in [2.24, 2.45) is 0 Å². The quantitative estimate of drug-likeness (QED) is 0.165. The van der Waals surface area contributed by atoms with Crippen LogP contribution in [0.15, 0.2) is 188 Å². The molecular formula is C47H34N2O. The van der Waals surface area contributed by atoms with Gasteiger partial charge in [-0.1, -0.05) is 140 Å². The molecule has 238 valence electrons. The van der Waals surface area contributed by atoms with Crippen LogP contribution in [0, 0.1) is 0 Å². The highest BCUT2D eigenvalue weighted by Gasteiger charge is 2.17. The third-order valence-corrected chi connectivity index (χ3v) is 9.12. The number of pyridine rings is 2. The lowest BCUT2D eigenvalue weighted by Gasteiger charge is -2.18. The molecule has 0 radical (unpaired) electrons. The van der Waals surface area contributed by atoms with Gasteiger partial charge in [0.2, 0.25) is 0 Å². The number of hydrogen-bond donors (Lipinski definition) is 0. The van der Waals surface area contributed by atoms with Gasteiger partial charge in [-0.2, -0.15) is 0 Å². The molecule has 0 amide bonds. The first-order chi connectivity index (χ1) is 24.7. The van der Waals surface area contributed by atoms with Crippen molar-refractivity contribution in [3.63, 3.8) is 0 Å². The van der Waals surface area contributed by atoms with E-state index in [1.165, 1.54) is 0 Å². The van der Waals surface area contributed by atoms with Crippen LogP contribution in [0.2, 0.25) is 0 Å². The standard InChI is InChI=1S/C47H34N2O/c1-50-39-29-37(41-19-9-8-18-40(41)34-23-25-36(26-24-34)46-22-12-13-27-48-46)28-38(30-39)42-20-10-11-21-43(42)45-32-49-47(35-16-6-3-7-17-35)31-44(45)33-14-4-2-5-15-33/h2-32H,1H3. The van der Waals surface area contributed by atoms with Crippen molar-refractivity contribution >= 4 is 0 Å². The summed E-state index contributed by atoms with van der Waals surface area (Å²) in [6, 6.07) is 61.4. The molecule has 0 N–H and O–H groups in total. The van der Waals surface area contributed by atoms with Crippen molar-refractivity contribution in [2.45, 2.75) is 0 Å². The largest absolute Gasteiger partial charge is 0.497 e. The summed E-state index contributed by atoms with van der Waals surface area (Å²) < 4.78 is 5.93. The highest BCUT2D eigenvalue weighted by molar-refractivity contribution is 5.94. The fraction of sp³-hybridized carbons (Fsp3) is 0.0213. The van der Waals surface area contributed by atoms with Gasteiger partial charge in [0.1, 0.15) is 5.75 Å². The maximum atomic E-state index is 5.93. The van der Waals surface area contributed by atoms with Crippen molar-refractivity contribution in [2.75, 3.05) is 7.11 Å². The van der Waals surface area contributed by atoms with E-state index in [4.69, 9.17) is 9.72 Å². The molecule has 2 aromatic heterocycles. The van der Waals surface area contributed by atoms with E-state index >= 15 is 0 Å². The van der Waals surface area contributed by atoms with Gasteiger partial charge in [0.25, 0.3) is 0 Å². The predicted molar refractivity (Wildman–Crippen MR) is 207 cm³/mol. The molecule has 0 aliphatic rings. The summed E-state index contributed by atoms with van der Waals surface area (Å²) in [5.74, 6) is 0.799. The summed E-state index contributed by atoms with van der Waals surface area (Å²) in [7, 11) is 1.73. The Morgan fingerprint density at radius 1 is 0.340 bits per heavy atom. The Hall–Kier alpha value is -6.58. The van der Waals surface area contributed by atoms with Crippen LogP contribution in [0.4, 0.5) is 0 Å². The second-order valence-electron chi connectivity index (χ2n) is 12.2. The number of methoxy groups -OCH3 is 1. The molecule has 0 unspecified atom stereocenters. The lowest BCUT2D eigenvalue weighted by molar-refractivity contribution is 0.415. The van der Waals surface area contributed by atoms with E-state index in [0.717, 1.165) is 83.9 Å². The molecule has 0 atom stereocenters. The first-order valence-corrected chi connectivity index (χ1v) is 16.8. The molecule has 0 saturated carbocycles. The molecule has 8 aromatic rings. The second-order valence-corrected chi connectivity index (χ2v) is 12.2. The Balaban J connectivity index is 1.25. The van der Waals surface area contributed by atoms with Gasteiger partial charge in [0.15, 0.2) is 0 Å². The van der Waals surface area contributed by atoms with Gasteiger partial charge in [0, 0.05) is 29.1 Å². The van der Waals surface area contributed by atoms with E-state index in [0.29, 0.717) is 0 Å². The van der Waals surface area contributed by atoms with Gasteiger partial charge in [-0.15, -0.1) is 0 Å². The molecule has 0 spiro atoms. The molecule has 0 saturated heterocycles. The Labute approximate surface area is 293 Å². The van der Waals surface area contributed by atoms with Crippen molar-refractivity contribution in [1.82, 2.24) is 9.97 Å². The summed E-state index contributed by atoms with van der Waals surface area (Å²) in [5, 5.41) is 0. The Morgan fingerprint density at radius 2 is 0.840 bits per heavy atom. The zero-order valence-corrected chi connectivity index (χ0v) is 27.7. The second kappa shape index (κ2) is 13.9. The molecule has 0 aliphatic heterocycles. The monoisotopic (exact) mass is 642 g/mol. The van der Waals surface area contributed by atoms with Gasteiger partial charge < -0.3 is 4.74 Å². The van der Waals surface area contributed by atoms with E-state index in [2.05, 4.69) is 157 Å². The molecule has 3 nitrogen and oxygen atoms in total. The first-order valence-electron chi connectivity index (χ1n) is 16.8. The normalized spacial score (nSPS) is 10.9. The van der Waals surface area contributed by atoms with E-state index in [-0.39, 0.29) is 0 Å². The smallest absolute Gasteiger partial charge is 0.120 e. The molecule has 0 bridgehead atoms. The molecule has 6 aromatic carbocycles. The minimum absolute atomic E-state index is 0.799. The number of aromatic nitrogens is 2. The molecule has 3 heteroatoms. The lowest BCUT2D eigenvalue weighted by Crippen LogP contribution is -1.94. The van der Waals surface area contributed by atoms with Crippen LogP contribution in [0.3, 0.4) is 0 Å². The van der Waals surface area contributed by atoms with Crippen LogP contribution in [0.1, 0.15) is 0 Å². The number of hydrogen-bond acceptors (Lipinski definition) is 3. The fourth-order valence-corrected chi connectivity index (χ4v) is 6.63. The van der Waals surface area contributed by atoms with Gasteiger partial charge >= 0.3 is 0 Å². The lowest BCUT2D eigenvalue weighted by atomic mass is 9.88. The van der Waals surface area contributed by atoms with Crippen LogP contribution in [-0.4, -0.2) is 17.1 Å². The van der Waals surface area contributed by atoms with Gasteiger partial charge in [-0.3, -0.25) is 9.97 Å². The number of nitrogens with zero attached hydrogens (tertiary/aromatic N) is 2. The van der Waals surface area contributed by atoms with Gasteiger partial charge in [-0.05, 0) is 86.5 Å². The number of ether oxygens (including phenoxy) is 1. The van der Waals surface area contributed by atoms with E-state index in [1.54, 1.807) is 7.11 Å². The Bertz CT molecular complexity index is 2390. The van der Waals surface area contributed by atoms with Crippen molar-refractivity contribution < 1.29 is 4.74 Å². The predicted octanol–water partition coefficient (Wildman–Crippen LogP) is 12.2. The molecule has 0 aliphatic carbocycles. The van der Waals surface area contributed by atoms with E-state index in [9.17, 15) is 0 Å². The van der Waals surface area contributed by atoms with Crippen molar-refractivity contribution in [1.29, 1.82) is 0 Å². The summed E-state index contributed by atoms with van der Waals surface area (Å²) >= 11 is 0. The van der Waals surface area contributed by atoms with Crippen molar-refractivity contribution in [3.05, 3.63) is 188 Å². The average Bonchev–Trinajstić information content (AvgIpc) is 3.21. The SMILES string of the molecule is COc1cc(-c2ccccc2-c2ccc(-c3ccccn3)cc2)cc(-c2ccccc2-c2cnc(-c3ccccc3)cc2-c2ccccc2)c1. The molecule has 2 heterocycles. The zero-order valence-electron chi connectivity index (χ0n) is 27.7. The topological polar surface area (TPSA) is 35.0 Å².